The number of aromatic nitrogens is 5. The Bertz CT molecular complexity index is 1080. The average molecular weight is 439 g/mol. The number of hydrogen-bond acceptors (Lipinski definition) is 8. The van der Waals surface area contributed by atoms with Crippen LogP contribution >= 0.6 is 46.3 Å². The summed E-state index contributed by atoms with van der Waals surface area (Å²) in [4.78, 5) is 0.924. The zero-order valence-electron chi connectivity index (χ0n) is 13.8. The summed E-state index contributed by atoms with van der Waals surface area (Å²) in [7, 11) is 0. The van der Waals surface area contributed by atoms with E-state index in [0.717, 1.165) is 4.88 Å². The summed E-state index contributed by atoms with van der Waals surface area (Å²) >= 11 is 15.1. The molecule has 11 heteroatoms. The van der Waals surface area contributed by atoms with Crippen LogP contribution in [0.15, 0.2) is 45.3 Å². The van der Waals surface area contributed by atoms with Gasteiger partial charge in [0.05, 0.1) is 15.1 Å². The molecule has 0 radical (unpaired) electrons. The van der Waals surface area contributed by atoms with Gasteiger partial charge in [-0.05, 0) is 36.6 Å². The molecule has 1 unspecified atom stereocenters. The van der Waals surface area contributed by atoms with Crippen LogP contribution in [0.2, 0.25) is 10.0 Å². The highest BCUT2D eigenvalue weighted by Crippen LogP contribution is 2.36. The lowest BCUT2D eigenvalue weighted by molar-refractivity contribution is 0.510. The summed E-state index contributed by atoms with van der Waals surface area (Å²) < 4.78 is 7.14. The molecule has 138 valence electrons. The van der Waals surface area contributed by atoms with Crippen LogP contribution in [0, 0.1) is 0 Å². The van der Waals surface area contributed by atoms with E-state index >= 15 is 0 Å². The number of halogens is 2. The summed E-state index contributed by atoms with van der Waals surface area (Å²) in [5, 5.41) is 19.8. The first-order chi connectivity index (χ1) is 13.0. The Balaban J connectivity index is 1.56. The molecule has 0 fully saturated rings. The van der Waals surface area contributed by atoms with Gasteiger partial charge in [-0.2, -0.15) is 0 Å². The van der Waals surface area contributed by atoms with Crippen molar-refractivity contribution in [3.63, 3.8) is 0 Å². The number of rotatable bonds is 5. The topological polar surface area (TPSA) is 95.7 Å². The van der Waals surface area contributed by atoms with E-state index in [-0.39, 0.29) is 5.25 Å². The Morgan fingerprint density at radius 1 is 1.19 bits per heavy atom. The Morgan fingerprint density at radius 2 is 2.04 bits per heavy atom. The Labute approximate surface area is 172 Å². The van der Waals surface area contributed by atoms with Crippen molar-refractivity contribution >= 4 is 46.3 Å². The molecule has 4 rings (SSSR count). The Kier molecular flexibility index (Phi) is 5.09. The van der Waals surface area contributed by atoms with Gasteiger partial charge < -0.3 is 10.3 Å². The van der Waals surface area contributed by atoms with Crippen LogP contribution in [0.1, 0.15) is 18.1 Å². The average Bonchev–Trinajstić information content (AvgIpc) is 3.37. The molecule has 0 bridgehead atoms. The molecule has 27 heavy (non-hydrogen) atoms. The van der Waals surface area contributed by atoms with Gasteiger partial charge in [0.2, 0.25) is 11.0 Å². The number of hydrogen-bond donors (Lipinski definition) is 1. The molecule has 2 N–H and O–H groups in total. The van der Waals surface area contributed by atoms with Crippen molar-refractivity contribution in [1.29, 1.82) is 0 Å². The van der Waals surface area contributed by atoms with Crippen molar-refractivity contribution in [3.05, 3.63) is 51.6 Å². The smallest absolute Gasteiger partial charge is 0.257 e. The molecule has 0 amide bonds. The van der Waals surface area contributed by atoms with Gasteiger partial charge in [0.25, 0.3) is 5.89 Å². The van der Waals surface area contributed by atoms with Crippen molar-refractivity contribution in [2.75, 3.05) is 5.84 Å². The third kappa shape index (κ3) is 3.68. The lowest BCUT2D eigenvalue weighted by Crippen LogP contribution is -2.12. The van der Waals surface area contributed by atoms with E-state index in [0.29, 0.717) is 38.4 Å². The Hall–Kier alpha value is -2.07. The molecule has 0 spiro atoms. The second-order valence-corrected chi connectivity index (χ2v) is 8.58. The second kappa shape index (κ2) is 7.51. The molecule has 0 aliphatic heterocycles. The van der Waals surface area contributed by atoms with Crippen LogP contribution in [-0.4, -0.2) is 25.1 Å². The van der Waals surface area contributed by atoms with Gasteiger partial charge >= 0.3 is 0 Å². The summed E-state index contributed by atoms with van der Waals surface area (Å²) in [6.45, 7) is 1.93. The fraction of sp³-hybridized carbons (Fsp3) is 0.125. The summed E-state index contributed by atoms with van der Waals surface area (Å²) in [6.07, 6.45) is 0. The van der Waals surface area contributed by atoms with Crippen LogP contribution in [0.3, 0.4) is 0 Å². The summed E-state index contributed by atoms with van der Waals surface area (Å²) in [5.41, 5.74) is 0.647. The molecular weight excluding hydrogens is 427 g/mol. The molecule has 0 aliphatic rings. The van der Waals surface area contributed by atoms with E-state index in [1.807, 2.05) is 24.4 Å². The van der Waals surface area contributed by atoms with Crippen molar-refractivity contribution in [3.8, 4) is 22.2 Å². The third-order valence-corrected chi connectivity index (χ3v) is 6.09. The van der Waals surface area contributed by atoms with Crippen LogP contribution in [0.25, 0.3) is 22.2 Å². The predicted molar refractivity (Wildman–Crippen MR) is 108 cm³/mol. The highest BCUT2D eigenvalue weighted by atomic mass is 35.5. The van der Waals surface area contributed by atoms with Crippen molar-refractivity contribution in [1.82, 2.24) is 25.1 Å². The Morgan fingerprint density at radius 3 is 2.78 bits per heavy atom. The van der Waals surface area contributed by atoms with E-state index in [4.69, 9.17) is 33.5 Å². The molecule has 1 atom stereocenters. The summed E-state index contributed by atoms with van der Waals surface area (Å²) in [5.74, 6) is 7.59. The van der Waals surface area contributed by atoms with Gasteiger partial charge in [-0.1, -0.05) is 41.0 Å². The van der Waals surface area contributed by atoms with E-state index in [1.165, 1.54) is 27.8 Å². The van der Waals surface area contributed by atoms with Gasteiger partial charge in [-0.15, -0.1) is 31.7 Å². The predicted octanol–water partition coefficient (Wildman–Crippen LogP) is 4.93. The number of thiophene rings is 1. The lowest BCUT2D eigenvalue weighted by atomic mass is 10.2. The number of nitrogen functional groups attached to an aromatic ring is 1. The fourth-order valence-electron chi connectivity index (χ4n) is 2.32. The minimum Gasteiger partial charge on any atom is -0.419 e. The van der Waals surface area contributed by atoms with Crippen molar-refractivity contribution < 1.29 is 4.42 Å². The van der Waals surface area contributed by atoms with Crippen LogP contribution in [-0.2, 0) is 0 Å². The van der Waals surface area contributed by atoms with Gasteiger partial charge in [0, 0.05) is 10.6 Å². The zero-order chi connectivity index (χ0) is 19.0. The van der Waals surface area contributed by atoms with Gasteiger partial charge in [0.15, 0.2) is 5.82 Å². The maximum Gasteiger partial charge on any atom is 0.257 e. The molecule has 3 heterocycles. The third-order valence-electron chi connectivity index (χ3n) is 3.64. The maximum atomic E-state index is 6.24. The van der Waals surface area contributed by atoms with Crippen LogP contribution < -0.4 is 5.84 Å². The molecule has 0 aliphatic carbocycles. The second-order valence-electron chi connectivity index (χ2n) is 5.48. The fourth-order valence-corrected chi connectivity index (χ4v) is 4.26. The van der Waals surface area contributed by atoms with Crippen LogP contribution in [0.4, 0.5) is 0 Å². The van der Waals surface area contributed by atoms with Gasteiger partial charge in [-0.3, -0.25) is 0 Å². The lowest BCUT2D eigenvalue weighted by Gasteiger charge is -2.07. The molecule has 0 saturated heterocycles. The number of nitrogens with two attached hydrogens (primary N) is 1. The van der Waals surface area contributed by atoms with Gasteiger partial charge in [-0.25, -0.2) is 4.68 Å². The van der Waals surface area contributed by atoms with E-state index in [9.17, 15) is 0 Å². The minimum absolute atomic E-state index is 0.161. The highest BCUT2D eigenvalue weighted by molar-refractivity contribution is 7.99. The molecule has 4 aromatic rings. The van der Waals surface area contributed by atoms with E-state index in [2.05, 4.69) is 20.4 Å². The normalized spacial score (nSPS) is 12.4. The summed E-state index contributed by atoms with van der Waals surface area (Å²) in [6, 6.07) is 8.96. The van der Waals surface area contributed by atoms with Crippen molar-refractivity contribution in [2.45, 2.75) is 17.3 Å². The first-order valence-electron chi connectivity index (χ1n) is 7.73. The quantitative estimate of drug-likeness (QED) is 0.348. The SMILES string of the molecule is CC(Sc1nnc(-c2ccc(Cl)cc2Cl)n1N)c1nnc(-c2cccs2)o1. The van der Waals surface area contributed by atoms with Crippen molar-refractivity contribution in [2.24, 2.45) is 0 Å². The number of benzene rings is 1. The standard InChI is InChI=1S/C16H12Cl2N6OS2/c1-8(14-21-22-15(25-14)12-3-2-6-26-12)27-16-23-20-13(24(16)19)10-5-4-9(17)7-11(10)18/h2-8H,19H2,1H3. The minimum atomic E-state index is -0.161. The van der Waals surface area contributed by atoms with Gasteiger partial charge in [0.1, 0.15) is 0 Å². The molecule has 3 aromatic heterocycles. The highest BCUT2D eigenvalue weighted by Gasteiger charge is 2.21. The van der Waals surface area contributed by atoms with E-state index in [1.54, 1.807) is 18.2 Å². The first-order valence-corrected chi connectivity index (χ1v) is 10.2. The maximum absolute atomic E-state index is 6.24. The van der Waals surface area contributed by atoms with Crippen LogP contribution in [0.5, 0.6) is 0 Å². The monoisotopic (exact) mass is 438 g/mol. The largest absolute Gasteiger partial charge is 0.419 e. The first kappa shape index (κ1) is 18.3. The number of nitrogens with zero attached hydrogens (tertiary/aromatic N) is 5. The zero-order valence-corrected chi connectivity index (χ0v) is 17.0. The number of thioether (sulfide) groups is 1. The molecule has 7 nitrogen and oxygen atoms in total. The molecule has 0 saturated carbocycles. The molecular formula is C16H12Cl2N6OS2. The van der Waals surface area contributed by atoms with E-state index < -0.39 is 0 Å². The molecule has 1 aromatic carbocycles.